The van der Waals surface area contributed by atoms with Gasteiger partial charge in [0.25, 0.3) is 0 Å². The highest BCUT2D eigenvalue weighted by molar-refractivity contribution is 5.10. The molecule has 0 radical (unpaired) electrons. The Kier molecular flexibility index (Phi) is 3.14. The number of pyridine rings is 1. The van der Waals surface area contributed by atoms with Gasteiger partial charge >= 0.3 is 0 Å². The Labute approximate surface area is 86.0 Å². The van der Waals surface area contributed by atoms with Crippen molar-refractivity contribution >= 4 is 0 Å². The van der Waals surface area contributed by atoms with Gasteiger partial charge in [-0.15, -0.1) is 0 Å². The van der Waals surface area contributed by atoms with Gasteiger partial charge in [-0.2, -0.15) is 0 Å². The minimum atomic E-state index is 0.580. The van der Waals surface area contributed by atoms with E-state index in [1.165, 1.54) is 38.0 Å². The Hall–Kier alpha value is -0.890. The molecule has 0 bridgehead atoms. The lowest BCUT2D eigenvalue weighted by atomic mass is 10.1. The molecular weight excluding hydrogens is 172 g/mol. The van der Waals surface area contributed by atoms with Gasteiger partial charge in [0.05, 0.1) is 11.7 Å². The molecule has 1 aliphatic heterocycles. The van der Waals surface area contributed by atoms with Crippen LogP contribution in [0.5, 0.6) is 0 Å². The van der Waals surface area contributed by atoms with Crippen molar-refractivity contribution in [3.8, 4) is 0 Å². The van der Waals surface area contributed by atoms with E-state index in [4.69, 9.17) is 0 Å². The lowest BCUT2D eigenvalue weighted by Crippen LogP contribution is -2.24. The van der Waals surface area contributed by atoms with Gasteiger partial charge in [0.2, 0.25) is 0 Å². The Balaban J connectivity index is 2.10. The molecule has 1 atom stereocenters. The van der Waals surface area contributed by atoms with Crippen molar-refractivity contribution < 1.29 is 0 Å². The lowest BCUT2D eigenvalue weighted by Gasteiger charge is -2.23. The first-order valence-corrected chi connectivity index (χ1v) is 5.57. The van der Waals surface area contributed by atoms with Crippen LogP contribution in [-0.4, -0.2) is 23.0 Å². The molecular formula is C12H18N2. The molecule has 76 valence electrons. The molecule has 2 heteroatoms. The third kappa shape index (κ3) is 1.95. The van der Waals surface area contributed by atoms with Crippen LogP contribution in [-0.2, 0) is 0 Å². The summed E-state index contributed by atoms with van der Waals surface area (Å²) in [5, 5.41) is 0. The van der Waals surface area contributed by atoms with Crippen LogP contribution < -0.4 is 0 Å². The molecule has 0 N–H and O–H groups in total. The van der Waals surface area contributed by atoms with Gasteiger partial charge in [0, 0.05) is 6.20 Å². The minimum Gasteiger partial charge on any atom is -0.295 e. The van der Waals surface area contributed by atoms with Crippen molar-refractivity contribution in [1.29, 1.82) is 0 Å². The van der Waals surface area contributed by atoms with Crippen LogP contribution in [0.4, 0.5) is 0 Å². The van der Waals surface area contributed by atoms with Crippen LogP contribution in [0.3, 0.4) is 0 Å². The molecule has 0 spiro atoms. The van der Waals surface area contributed by atoms with E-state index in [1.807, 2.05) is 12.3 Å². The molecule has 1 aromatic rings. The zero-order chi connectivity index (χ0) is 9.80. The normalized spacial score (nSPS) is 22.8. The van der Waals surface area contributed by atoms with Gasteiger partial charge in [-0.1, -0.05) is 13.0 Å². The lowest BCUT2D eigenvalue weighted by molar-refractivity contribution is 0.253. The average molecular weight is 190 g/mol. The molecule has 0 aliphatic carbocycles. The molecule has 1 saturated heterocycles. The predicted octanol–water partition coefficient (Wildman–Crippen LogP) is 2.63. The molecule has 0 amide bonds. The second-order valence-electron chi connectivity index (χ2n) is 3.95. The number of hydrogen-bond acceptors (Lipinski definition) is 2. The van der Waals surface area contributed by atoms with E-state index in [1.54, 1.807) is 0 Å². The number of likely N-dealkylation sites (tertiary alicyclic amines) is 1. The van der Waals surface area contributed by atoms with Crippen LogP contribution in [0.2, 0.25) is 0 Å². The largest absolute Gasteiger partial charge is 0.295 e. The summed E-state index contributed by atoms with van der Waals surface area (Å²) >= 11 is 0. The summed E-state index contributed by atoms with van der Waals surface area (Å²) in [4.78, 5) is 7.01. The van der Waals surface area contributed by atoms with E-state index in [9.17, 15) is 0 Å². The maximum atomic E-state index is 4.45. The topological polar surface area (TPSA) is 16.1 Å². The van der Waals surface area contributed by atoms with Crippen LogP contribution >= 0.6 is 0 Å². The highest BCUT2D eigenvalue weighted by atomic mass is 15.2. The average Bonchev–Trinajstić information content (AvgIpc) is 2.68. The summed E-state index contributed by atoms with van der Waals surface area (Å²) in [5.41, 5.74) is 1.25. The van der Waals surface area contributed by atoms with E-state index >= 15 is 0 Å². The van der Waals surface area contributed by atoms with Gasteiger partial charge in [-0.3, -0.25) is 9.88 Å². The molecule has 14 heavy (non-hydrogen) atoms. The van der Waals surface area contributed by atoms with Gasteiger partial charge in [0.1, 0.15) is 0 Å². The van der Waals surface area contributed by atoms with E-state index in [0.717, 1.165) is 0 Å². The quantitative estimate of drug-likeness (QED) is 0.728. The molecule has 0 saturated carbocycles. The van der Waals surface area contributed by atoms with Crippen molar-refractivity contribution in [1.82, 2.24) is 9.88 Å². The molecule has 1 unspecified atom stereocenters. The molecule has 2 nitrogen and oxygen atoms in total. The number of nitrogens with zero attached hydrogens (tertiary/aromatic N) is 2. The Morgan fingerprint density at radius 2 is 2.43 bits per heavy atom. The summed E-state index contributed by atoms with van der Waals surface area (Å²) in [6.45, 7) is 4.70. The van der Waals surface area contributed by atoms with Crippen molar-refractivity contribution in [3.63, 3.8) is 0 Å². The van der Waals surface area contributed by atoms with Crippen LogP contribution in [0, 0.1) is 0 Å². The molecule has 1 fully saturated rings. The third-order valence-electron chi connectivity index (χ3n) is 2.90. The molecule has 0 aromatic carbocycles. The summed E-state index contributed by atoms with van der Waals surface area (Å²) in [7, 11) is 0. The Morgan fingerprint density at radius 1 is 1.50 bits per heavy atom. The van der Waals surface area contributed by atoms with Gasteiger partial charge in [-0.05, 0) is 44.5 Å². The molecule has 2 heterocycles. The van der Waals surface area contributed by atoms with Crippen LogP contribution in [0.25, 0.3) is 0 Å². The first-order chi connectivity index (χ1) is 6.92. The summed E-state index contributed by atoms with van der Waals surface area (Å²) in [6.07, 6.45) is 5.74. The number of aromatic nitrogens is 1. The van der Waals surface area contributed by atoms with Crippen molar-refractivity contribution in [2.75, 3.05) is 13.1 Å². The second-order valence-corrected chi connectivity index (χ2v) is 3.95. The highest BCUT2D eigenvalue weighted by Crippen LogP contribution is 2.30. The van der Waals surface area contributed by atoms with E-state index in [2.05, 4.69) is 28.9 Å². The molecule has 2 rings (SSSR count). The first-order valence-electron chi connectivity index (χ1n) is 5.57. The predicted molar refractivity (Wildman–Crippen MR) is 58.1 cm³/mol. The maximum absolute atomic E-state index is 4.45. The van der Waals surface area contributed by atoms with Crippen molar-refractivity contribution in [2.24, 2.45) is 0 Å². The maximum Gasteiger partial charge on any atom is 0.0575 e. The van der Waals surface area contributed by atoms with E-state index < -0.39 is 0 Å². The number of rotatable bonds is 3. The molecule has 1 aliphatic rings. The zero-order valence-corrected chi connectivity index (χ0v) is 8.82. The highest BCUT2D eigenvalue weighted by Gasteiger charge is 2.25. The van der Waals surface area contributed by atoms with Crippen molar-refractivity contribution in [2.45, 2.75) is 32.2 Å². The minimum absolute atomic E-state index is 0.580. The Bertz CT molecular complexity index is 271. The first kappa shape index (κ1) is 9.66. The van der Waals surface area contributed by atoms with Crippen LogP contribution in [0.1, 0.15) is 37.9 Å². The van der Waals surface area contributed by atoms with Gasteiger partial charge in [-0.25, -0.2) is 0 Å². The monoisotopic (exact) mass is 190 g/mol. The SMILES string of the molecule is CCCN1CCCC1c1ccccn1. The van der Waals surface area contributed by atoms with E-state index in [-0.39, 0.29) is 0 Å². The Morgan fingerprint density at radius 3 is 3.14 bits per heavy atom. The summed E-state index contributed by atoms with van der Waals surface area (Å²) < 4.78 is 0. The smallest absolute Gasteiger partial charge is 0.0575 e. The summed E-state index contributed by atoms with van der Waals surface area (Å²) in [5.74, 6) is 0. The van der Waals surface area contributed by atoms with Gasteiger partial charge in [0.15, 0.2) is 0 Å². The second kappa shape index (κ2) is 4.56. The fourth-order valence-electron chi connectivity index (χ4n) is 2.29. The van der Waals surface area contributed by atoms with E-state index in [0.29, 0.717) is 6.04 Å². The van der Waals surface area contributed by atoms with Crippen LogP contribution in [0.15, 0.2) is 24.4 Å². The molecule has 1 aromatic heterocycles. The zero-order valence-electron chi connectivity index (χ0n) is 8.82. The van der Waals surface area contributed by atoms with Crippen molar-refractivity contribution in [3.05, 3.63) is 30.1 Å². The third-order valence-corrected chi connectivity index (χ3v) is 2.90. The standard InChI is InChI=1S/C12H18N2/c1-2-9-14-10-5-7-12(14)11-6-3-4-8-13-11/h3-4,6,8,12H,2,5,7,9-10H2,1H3. The fourth-order valence-corrected chi connectivity index (χ4v) is 2.29. The van der Waals surface area contributed by atoms with Gasteiger partial charge < -0.3 is 0 Å². The summed E-state index contributed by atoms with van der Waals surface area (Å²) in [6, 6.07) is 6.81. The number of hydrogen-bond donors (Lipinski definition) is 0. The fraction of sp³-hybridized carbons (Fsp3) is 0.583.